The fraction of sp³-hybridized carbons (Fsp3) is 0.444. The Hall–Kier alpha value is -2.48. The Bertz CT molecular complexity index is 1110. The summed E-state index contributed by atoms with van der Waals surface area (Å²) in [6.07, 6.45) is 5.25. The highest BCUT2D eigenvalue weighted by molar-refractivity contribution is 7.21. The second kappa shape index (κ2) is 10.8. The zero-order chi connectivity index (χ0) is 23.3. The summed E-state index contributed by atoms with van der Waals surface area (Å²) in [7, 11) is 0. The molecule has 2 aliphatic heterocycles. The molecule has 0 aliphatic carbocycles. The van der Waals surface area contributed by atoms with Crippen molar-refractivity contribution in [2.45, 2.75) is 31.8 Å². The molecule has 2 saturated heterocycles. The van der Waals surface area contributed by atoms with Gasteiger partial charge < -0.3 is 14.2 Å². The van der Waals surface area contributed by atoms with E-state index in [2.05, 4.69) is 17.0 Å². The Kier molecular flexibility index (Phi) is 7.42. The maximum absolute atomic E-state index is 12.8. The summed E-state index contributed by atoms with van der Waals surface area (Å²) < 4.78 is 31.7. The van der Waals surface area contributed by atoms with Crippen LogP contribution < -0.4 is 9.47 Å². The van der Waals surface area contributed by atoms with Gasteiger partial charge >= 0.3 is 0 Å². The van der Waals surface area contributed by atoms with Gasteiger partial charge in [0, 0.05) is 35.7 Å². The van der Waals surface area contributed by atoms with Gasteiger partial charge in [-0.05, 0) is 74.2 Å². The van der Waals surface area contributed by atoms with E-state index in [1.54, 1.807) is 0 Å². The summed E-state index contributed by atoms with van der Waals surface area (Å²) in [5.41, 5.74) is 1.16. The molecule has 0 bridgehead atoms. The molecule has 2 aromatic carbocycles. The van der Waals surface area contributed by atoms with Gasteiger partial charge in [0.15, 0.2) is 12.0 Å². The summed E-state index contributed by atoms with van der Waals surface area (Å²) in [6, 6.07) is 13.7. The average molecular weight is 484 g/mol. The molecule has 0 amide bonds. The van der Waals surface area contributed by atoms with Gasteiger partial charge in [0.25, 0.3) is 0 Å². The van der Waals surface area contributed by atoms with Gasteiger partial charge in [-0.2, -0.15) is 0 Å². The van der Waals surface area contributed by atoms with Crippen molar-refractivity contribution < 1.29 is 23.4 Å². The molecule has 1 unspecified atom stereocenters. The SMILES string of the molecule is O=Cc1sc2cc(C3CCCCO3)ccc2c1Oc1ccc(OCCN2CC[C@@H](CF)C2)cc1. The number of fused-ring (bicyclic) bond motifs is 1. The van der Waals surface area contributed by atoms with Crippen molar-refractivity contribution in [1.82, 2.24) is 4.90 Å². The van der Waals surface area contributed by atoms with Gasteiger partial charge in [0.2, 0.25) is 0 Å². The Morgan fingerprint density at radius 1 is 1.12 bits per heavy atom. The number of thiophene rings is 1. The van der Waals surface area contributed by atoms with Crippen LogP contribution >= 0.6 is 11.3 Å². The van der Waals surface area contributed by atoms with E-state index < -0.39 is 0 Å². The Labute approximate surface area is 203 Å². The number of carbonyl (C=O) groups excluding carboxylic acids is 1. The van der Waals surface area contributed by atoms with Gasteiger partial charge in [-0.3, -0.25) is 14.1 Å². The maximum Gasteiger partial charge on any atom is 0.163 e. The number of likely N-dealkylation sites (tertiary alicyclic amines) is 1. The molecule has 34 heavy (non-hydrogen) atoms. The third-order valence-electron chi connectivity index (χ3n) is 6.66. The van der Waals surface area contributed by atoms with Crippen molar-refractivity contribution in [2.24, 2.45) is 5.92 Å². The predicted molar refractivity (Wildman–Crippen MR) is 132 cm³/mol. The van der Waals surface area contributed by atoms with E-state index in [0.717, 1.165) is 73.2 Å². The minimum atomic E-state index is -0.236. The van der Waals surface area contributed by atoms with Crippen molar-refractivity contribution in [3.8, 4) is 17.2 Å². The Morgan fingerprint density at radius 2 is 1.97 bits per heavy atom. The molecule has 5 nitrogen and oxygen atoms in total. The minimum absolute atomic E-state index is 0.132. The molecule has 180 valence electrons. The normalized spacial score (nSPS) is 21.1. The third kappa shape index (κ3) is 5.27. The summed E-state index contributed by atoms with van der Waals surface area (Å²) in [5, 5.41) is 0.934. The first-order valence-electron chi connectivity index (χ1n) is 12.1. The molecule has 3 heterocycles. The van der Waals surface area contributed by atoms with Crippen LogP contribution in [0.3, 0.4) is 0 Å². The maximum atomic E-state index is 12.8. The van der Waals surface area contributed by atoms with Crippen molar-refractivity contribution in [3.05, 3.63) is 52.9 Å². The number of hydrogen-bond acceptors (Lipinski definition) is 6. The van der Waals surface area contributed by atoms with E-state index in [4.69, 9.17) is 14.2 Å². The highest BCUT2D eigenvalue weighted by Gasteiger charge is 2.22. The van der Waals surface area contributed by atoms with E-state index >= 15 is 0 Å². The quantitative estimate of drug-likeness (QED) is 0.329. The number of ether oxygens (including phenoxy) is 3. The molecule has 0 N–H and O–H groups in total. The summed E-state index contributed by atoms with van der Waals surface area (Å²) in [5.74, 6) is 2.18. The minimum Gasteiger partial charge on any atom is -0.492 e. The lowest BCUT2D eigenvalue weighted by molar-refractivity contribution is 0.0150. The lowest BCUT2D eigenvalue weighted by Crippen LogP contribution is -2.26. The second-order valence-corrected chi connectivity index (χ2v) is 10.1. The van der Waals surface area contributed by atoms with Crippen molar-refractivity contribution >= 4 is 27.7 Å². The van der Waals surface area contributed by atoms with E-state index in [9.17, 15) is 9.18 Å². The van der Waals surface area contributed by atoms with Crippen LogP contribution in [-0.2, 0) is 4.74 Å². The van der Waals surface area contributed by atoms with Gasteiger partial charge in [0.1, 0.15) is 23.0 Å². The van der Waals surface area contributed by atoms with E-state index in [1.165, 1.54) is 17.8 Å². The fourth-order valence-electron chi connectivity index (χ4n) is 4.75. The summed E-state index contributed by atoms with van der Waals surface area (Å²) >= 11 is 1.45. The van der Waals surface area contributed by atoms with Crippen molar-refractivity contribution in [1.29, 1.82) is 0 Å². The number of benzene rings is 2. The largest absolute Gasteiger partial charge is 0.492 e. The second-order valence-electron chi connectivity index (χ2n) is 9.06. The first kappa shape index (κ1) is 23.3. The number of halogens is 1. The molecule has 0 saturated carbocycles. The van der Waals surface area contributed by atoms with Crippen LogP contribution in [0.25, 0.3) is 10.1 Å². The van der Waals surface area contributed by atoms with Crippen LogP contribution in [0.4, 0.5) is 4.39 Å². The summed E-state index contributed by atoms with van der Waals surface area (Å²) in [4.78, 5) is 14.6. The van der Waals surface area contributed by atoms with Crippen molar-refractivity contribution in [2.75, 3.05) is 39.5 Å². The van der Waals surface area contributed by atoms with Crippen LogP contribution in [0.5, 0.6) is 17.2 Å². The van der Waals surface area contributed by atoms with Crippen LogP contribution in [0.2, 0.25) is 0 Å². The van der Waals surface area contributed by atoms with Crippen LogP contribution in [0, 0.1) is 5.92 Å². The van der Waals surface area contributed by atoms with Crippen LogP contribution in [0.15, 0.2) is 42.5 Å². The highest BCUT2D eigenvalue weighted by atomic mass is 32.1. The Balaban J connectivity index is 1.23. The zero-order valence-corrected chi connectivity index (χ0v) is 20.0. The topological polar surface area (TPSA) is 48.0 Å². The molecule has 0 radical (unpaired) electrons. The lowest BCUT2D eigenvalue weighted by Gasteiger charge is -2.22. The number of alkyl halides is 1. The third-order valence-corrected chi connectivity index (χ3v) is 7.72. The number of nitrogens with zero attached hydrogens (tertiary/aromatic N) is 1. The van der Waals surface area contributed by atoms with Gasteiger partial charge in [0.05, 0.1) is 12.8 Å². The molecule has 2 fully saturated rings. The molecule has 0 spiro atoms. The first-order valence-corrected chi connectivity index (χ1v) is 12.9. The zero-order valence-electron chi connectivity index (χ0n) is 19.2. The molecule has 2 aliphatic rings. The molecule has 2 atom stereocenters. The van der Waals surface area contributed by atoms with Crippen LogP contribution in [0.1, 0.15) is 47.0 Å². The fourth-order valence-corrected chi connectivity index (χ4v) is 5.75. The van der Waals surface area contributed by atoms with E-state index in [-0.39, 0.29) is 18.7 Å². The smallest absolute Gasteiger partial charge is 0.163 e. The molecule has 5 rings (SSSR count). The molecular formula is C27H30FNO4S. The van der Waals surface area contributed by atoms with Crippen molar-refractivity contribution in [3.63, 3.8) is 0 Å². The standard InChI is InChI=1S/C27H30FNO4S/c28-16-19-10-11-29(17-19)12-14-31-21-5-7-22(8-6-21)33-27-23-9-4-20(24-3-1-2-13-32-24)15-25(23)34-26(27)18-30/h4-9,15,18-19,24H,1-3,10-14,16-17H2/t19-,24?/m0/s1. The monoisotopic (exact) mass is 483 g/mol. The number of hydrogen-bond donors (Lipinski definition) is 0. The predicted octanol–water partition coefficient (Wildman–Crippen LogP) is 6.42. The number of aldehydes is 1. The molecule has 1 aromatic heterocycles. The summed E-state index contributed by atoms with van der Waals surface area (Å²) in [6.45, 7) is 3.69. The first-order chi connectivity index (χ1) is 16.7. The van der Waals surface area contributed by atoms with Gasteiger partial charge in [-0.25, -0.2) is 0 Å². The number of rotatable bonds is 9. The molecular weight excluding hydrogens is 453 g/mol. The van der Waals surface area contributed by atoms with Crippen LogP contribution in [-0.4, -0.2) is 50.7 Å². The van der Waals surface area contributed by atoms with Gasteiger partial charge in [-0.15, -0.1) is 11.3 Å². The Morgan fingerprint density at radius 3 is 2.71 bits per heavy atom. The number of carbonyl (C=O) groups is 1. The average Bonchev–Trinajstić information content (AvgIpc) is 3.49. The highest BCUT2D eigenvalue weighted by Crippen LogP contribution is 2.41. The van der Waals surface area contributed by atoms with E-state index in [1.807, 2.05) is 30.3 Å². The molecule has 7 heteroatoms. The van der Waals surface area contributed by atoms with E-state index in [0.29, 0.717) is 23.0 Å². The molecule has 3 aromatic rings. The van der Waals surface area contributed by atoms with Gasteiger partial charge in [-0.1, -0.05) is 6.07 Å². The lowest BCUT2D eigenvalue weighted by atomic mass is 10.0.